The van der Waals surface area contributed by atoms with Crippen LogP contribution in [-0.4, -0.2) is 29.8 Å². The fourth-order valence-electron chi connectivity index (χ4n) is 3.05. The van der Waals surface area contributed by atoms with E-state index in [0.29, 0.717) is 0 Å². The molecule has 19 heavy (non-hydrogen) atoms. The molecule has 2 aromatic rings. The van der Waals surface area contributed by atoms with Gasteiger partial charge < -0.3 is 14.6 Å². The summed E-state index contributed by atoms with van der Waals surface area (Å²) in [6.45, 7) is 4.47. The lowest BCUT2D eigenvalue weighted by Crippen LogP contribution is -2.39. The standard InChI is InChI=1S/C15H21N3O/c1-15(6-8-16-9-7-15)14-17-12-10-11(19-3)4-5-13(12)18(14)2/h4-5,10,16H,6-9H2,1-3H3. The minimum atomic E-state index is 0.173. The number of aromatic nitrogens is 2. The highest BCUT2D eigenvalue weighted by atomic mass is 16.5. The highest BCUT2D eigenvalue weighted by molar-refractivity contribution is 5.78. The van der Waals surface area contributed by atoms with Crippen molar-refractivity contribution in [3.63, 3.8) is 0 Å². The highest BCUT2D eigenvalue weighted by Gasteiger charge is 2.33. The van der Waals surface area contributed by atoms with Crippen molar-refractivity contribution in [2.45, 2.75) is 25.2 Å². The fourth-order valence-corrected chi connectivity index (χ4v) is 3.05. The SMILES string of the molecule is COc1ccc2c(c1)nc(C1(C)CCNCC1)n2C. The zero-order chi connectivity index (χ0) is 13.5. The molecule has 4 heteroatoms. The van der Waals surface area contributed by atoms with Gasteiger partial charge in [-0.15, -0.1) is 0 Å². The molecule has 1 aliphatic heterocycles. The van der Waals surface area contributed by atoms with Gasteiger partial charge in [0.15, 0.2) is 0 Å². The van der Waals surface area contributed by atoms with Crippen LogP contribution in [0.2, 0.25) is 0 Å². The van der Waals surface area contributed by atoms with Crippen molar-refractivity contribution in [3.8, 4) is 5.75 Å². The normalized spacial score (nSPS) is 18.7. The zero-order valence-corrected chi connectivity index (χ0v) is 11.9. The molecule has 4 nitrogen and oxygen atoms in total. The summed E-state index contributed by atoms with van der Waals surface area (Å²) < 4.78 is 7.52. The van der Waals surface area contributed by atoms with Gasteiger partial charge in [0.1, 0.15) is 11.6 Å². The first-order chi connectivity index (χ1) is 9.14. The van der Waals surface area contributed by atoms with E-state index in [2.05, 4.69) is 29.9 Å². The molecule has 0 saturated carbocycles. The number of aryl methyl sites for hydroxylation is 1. The fraction of sp³-hybridized carbons (Fsp3) is 0.533. The van der Waals surface area contributed by atoms with Gasteiger partial charge in [0.05, 0.1) is 18.1 Å². The maximum absolute atomic E-state index is 5.28. The molecule has 0 unspecified atom stereocenters. The summed E-state index contributed by atoms with van der Waals surface area (Å²) in [6, 6.07) is 6.11. The van der Waals surface area contributed by atoms with Gasteiger partial charge in [0.2, 0.25) is 0 Å². The van der Waals surface area contributed by atoms with Crippen LogP contribution >= 0.6 is 0 Å². The average molecular weight is 259 g/mol. The van der Waals surface area contributed by atoms with Crippen LogP contribution in [0.4, 0.5) is 0 Å². The molecular weight excluding hydrogens is 238 g/mol. The van der Waals surface area contributed by atoms with Crippen LogP contribution in [0.15, 0.2) is 18.2 Å². The molecule has 3 rings (SSSR count). The Hall–Kier alpha value is -1.55. The molecule has 1 N–H and O–H groups in total. The summed E-state index contributed by atoms with van der Waals surface area (Å²) in [5, 5.41) is 3.42. The number of hydrogen-bond donors (Lipinski definition) is 1. The summed E-state index contributed by atoms with van der Waals surface area (Å²) in [4.78, 5) is 4.87. The second-order valence-corrected chi connectivity index (χ2v) is 5.66. The van der Waals surface area contributed by atoms with Crippen molar-refractivity contribution in [1.29, 1.82) is 0 Å². The lowest BCUT2D eigenvalue weighted by Gasteiger charge is -2.33. The van der Waals surface area contributed by atoms with E-state index in [9.17, 15) is 0 Å². The third-order valence-electron chi connectivity index (χ3n) is 4.33. The van der Waals surface area contributed by atoms with E-state index in [0.717, 1.165) is 37.2 Å². The molecule has 0 bridgehead atoms. The molecule has 0 aliphatic carbocycles. The molecule has 102 valence electrons. The summed E-state index contributed by atoms with van der Waals surface area (Å²) in [5.74, 6) is 2.06. The third-order valence-corrected chi connectivity index (χ3v) is 4.33. The average Bonchev–Trinajstić information content (AvgIpc) is 2.77. The van der Waals surface area contributed by atoms with Crippen molar-refractivity contribution in [3.05, 3.63) is 24.0 Å². The Kier molecular flexibility index (Phi) is 2.97. The Morgan fingerprint density at radius 2 is 2.05 bits per heavy atom. The molecular formula is C15H21N3O. The number of rotatable bonds is 2. The monoisotopic (exact) mass is 259 g/mol. The largest absolute Gasteiger partial charge is 0.497 e. The minimum absolute atomic E-state index is 0.173. The van der Waals surface area contributed by atoms with E-state index in [1.807, 2.05) is 12.1 Å². The first-order valence-corrected chi connectivity index (χ1v) is 6.86. The van der Waals surface area contributed by atoms with Crippen molar-refractivity contribution in [2.75, 3.05) is 20.2 Å². The van der Waals surface area contributed by atoms with E-state index >= 15 is 0 Å². The zero-order valence-electron chi connectivity index (χ0n) is 11.9. The summed E-state index contributed by atoms with van der Waals surface area (Å²) in [5.41, 5.74) is 2.37. The summed E-state index contributed by atoms with van der Waals surface area (Å²) >= 11 is 0. The van der Waals surface area contributed by atoms with Gasteiger partial charge >= 0.3 is 0 Å². The predicted octanol–water partition coefficient (Wildman–Crippen LogP) is 2.22. The lowest BCUT2D eigenvalue weighted by atomic mass is 9.80. The number of imidazole rings is 1. The molecule has 1 saturated heterocycles. The van der Waals surface area contributed by atoms with Crippen molar-refractivity contribution < 1.29 is 4.74 Å². The molecule has 1 aliphatic rings. The number of benzene rings is 1. The Morgan fingerprint density at radius 3 is 2.74 bits per heavy atom. The smallest absolute Gasteiger partial charge is 0.121 e. The van der Waals surface area contributed by atoms with Gasteiger partial charge in [-0.25, -0.2) is 4.98 Å². The quantitative estimate of drug-likeness (QED) is 0.899. The molecule has 0 amide bonds. The Morgan fingerprint density at radius 1 is 1.32 bits per heavy atom. The Bertz CT molecular complexity index is 597. The van der Waals surface area contributed by atoms with Gasteiger partial charge in [-0.2, -0.15) is 0 Å². The third kappa shape index (κ3) is 2.00. The minimum Gasteiger partial charge on any atom is -0.497 e. The summed E-state index contributed by atoms with van der Waals surface area (Å²) in [6.07, 6.45) is 2.28. The van der Waals surface area contributed by atoms with Crippen LogP contribution in [0.3, 0.4) is 0 Å². The van der Waals surface area contributed by atoms with Crippen LogP contribution in [0, 0.1) is 0 Å². The molecule has 1 fully saturated rings. The van der Waals surface area contributed by atoms with E-state index in [4.69, 9.17) is 9.72 Å². The topological polar surface area (TPSA) is 39.1 Å². The number of ether oxygens (including phenoxy) is 1. The van der Waals surface area contributed by atoms with Gasteiger partial charge in [-0.05, 0) is 38.1 Å². The van der Waals surface area contributed by atoms with Crippen LogP contribution in [-0.2, 0) is 12.5 Å². The molecule has 0 radical (unpaired) electrons. The maximum atomic E-state index is 5.28. The predicted molar refractivity (Wildman–Crippen MR) is 76.7 cm³/mol. The van der Waals surface area contributed by atoms with E-state index in [-0.39, 0.29) is 5.41 Å². The second kappa shape index (κ2) is 4.53. The van der Waals surface area contributed by atoms with Crippen LogP contribution < -0.4 is 10.1 Å². The molecule has 0 atom stereocenters. The van der Waals surface area contributed by atoms with Crippen LogP contribution in [0.5, 0.6) is 5.75 Å². The number of nitrogens with zero attached hydrogens (tertiary/aromatic N) is 2. The number of piperidine rings is 1. The molecule has 2 heterocycles. The van der Waals surface area contributed by atoms with E-state index in [1.165, 1.54) is 11.3 Å². The van der Waals surface area contributed by atoms with Crippen LogP contribution in [0.25, 0.3) is 11.0 Å². The molecule has 1 aromatic heterocycles. The maximum Gasteiger partial charge on any atom is 0.121 e. The lowest BCUT2D eigenvalue weighted by molar-refractivity contribution is 0.313. The Labute approximate surface area is 113 Å². The van der Waals surface area contributed by atoms with Crippen molar-refractivity contribution in [1.82, 2.24) is 14.9 Å². The number of hydrogen-bond acceptors (Lipinski definition) is 3. The van der Waals surface area contributed by atoms with Crippen LogP contribution in [0.1, 0.15) is 25.6 Å². The van der Waals surface area contributed by atoms with Gasteiger partial charge in [0.25, 0.3) is 0 Å². The highest BCUT2D eigenvalue weighted by Crippen LogP contribution is 2.34. The van der Waals surface area contributed by atoms with Crippen molar-refractivity contribution >= 4 is 11.0 Å². The van der Waals surface area contributed by atoms with Crippen molar-refractivity contribution in [2.24, 2.45) is 7.05 Å². The number of fused-ring (bicyclic) bond motifs is 1. The second-order valence-electron chi connectivity index (χ2n) is 5.66. The Balaban J connectivity index is 2.11. The first-order valence-electron chi connectivity index (χ1n) is 6.86. The van der Waals surface area contributed by atoms with Gasteiger partial charge in [-0.3, -0.25) is 0 Å². The number of nitrogens with one attached hydrogen (secondary N) is 1. The van der Waals surface area contributed by atoms with Gasteiger partial charge in [0, 0.05) is 18.5 Å². The van der Waals surface area contributed by atoms with E-state index in [1.54, 1.807) is 7.11 Å². The van der Waals surface area contributed by atoms with E-state index < -0.39 is 0 Å². The summed E-state index contributed by atoms with van der Waals surface area (Å²) in [7, 11) is 3.81. The first kappa shape index (κ1) is 12.5. The van der Waals surface area contributed by atoms with Gasteiger partial charge in [-0.1, -0.05) is 6.92 Å². The number of methoxy groups -OCH3 is 1. The molecule has 0 spiro atoms. The molecule has 1 aromatic carbocycles.